The first kappa shape index (κ1) is 30.4. The molecular weight excluding hydrogens is 605 g/mol. The van der Waals surface area contributed by atoms with E-state index in [9.17, 15) is 18.4 Å². The van der Waals surface area contributed by atoms with Crippen LogP contribution < -0.4 is 10.6 Å². The van der Waals surface area contributed by atoms with Crippen LogP contribution >= 0.6 is 11.6 Å². The average Bonchev–Trinajstić information content (AvgIpc) is 3.37. The van der Waals surface area contributed by atoms with Crippen molar-refractivity contribution in [3.63, 3.8) is 0 Å². The van der Waals surface area contributed by atoms with Crippen molar-refractivity contribution < 1.29 is 17.6 Å². The quantitative estimate of drug-likeness (QED) is 0.176. The van der Waals surface area contributed by atoms with Crippen LogP contribution in [0.1, 0.15) is 62.0 Å². The van der Waals surface area contributed by atoms with Gasteiger partial charge in [-0.05, 0) is 54.5 Å². The number of halogens is 4. The van der Waals surface area contributed by atoms with Crippen molar-refractivity contribution in [2.45, 2.75) is 58.3 Å². The summed E-state index contributed by atoms with van der Waals surface area (Å²) in [6, 6.07) is 10.4. The third-order valence-electron chi connectivity index (χ3n) is 8.00. The lowest BCUT2D eigenvalue weighted by molar-refractivity contribution is -0.182. The average molecular weight is 635 g/mol. The second kappa shape index (κ2) is 11.1. The minimum Gasteiger partial charge on any atom is -0.445 e. The maximum Gasteiger partial charge on any atom is 0.413 e. The summed E-state index contributed by atoms with van der Waals surface area (Å²) in [6.45, 7) is 8.69. The van der Waals surface area contributed by atoms with Crippen molar-refractivity contribution >= 4 is 33.9 Å². The van der Waals surface area contributed by atoms with Crippen molar-refractivity contribution in [2.24, 2.45) is 5.41 Å². The van der Waals surface area contributed by atoms with E-state index in [1.54, 1.807) is 18.3 Å². The van der Waals surface area contributed by atoms with E-state index in [4.69, 9.17) is 16.0 Å². The summed E-state index contributed by atoms with van der Waals surface area (Å²) in [5.41, 5.74) is 2.29. The van der Waals surface area contributed by atoms with Gasteiger partial charge in [-0.1, -0.05) is 49.7 Å². The van der Waals surface area contributed by atoms with Gasteiger partial charge in [-0.15, -0.1) is 5.10 Å². The summed E-state index contributed by atoms with van der Waals surface area (Å²) in [6.07, 6.45) is 1.25. The first-order valence-electron chi connectivity index (χ1n) is 14.3. The number of aromatic nitrogens is 5. The fourth-order valence-electron chi connectivity index (χ4n) is 5.41. The van der Waals surface area contributed by atoms with Gasteiger partial charge in [0.2, 0.25) is 5.89 Å². The highest BCUT2D eigenvalue weighted by Gasteiger charge is 2.66. The SMILES string of the molecule is Cc1c(-c2ncco2)cccc1[C@H](Nc1cc(Cl)cc2c(NCC(C)(C)C)c(C#N)cnc12)c1cn(C2(C(F)(F)F)CC2)nn1. The largest absolute Gasteiger partial charge is 0.445 e. The lowest BCUT2D eigenvalue weighted by atomic mass is 9.94. The first-order valence-corrected chi connectivity index (χ1v) is 14.7. The molecule has 1 saturated carbocycles. The number of rotatable bonds is 8. The summed E-state index contributed by atoms with van der Waals surface area (Å²) >= 11 is 6.65. The Morgan fingerprint density at radius 2 is 1.96 bits per heavy atom. The zero-order valence-electron chi connectivity index (χ0n) is 25.0. The number of alkyl halides is 3. The van der Waals surface area contributed by atoms with E-state index < -0.39 is 17.8 Å². The van der Waals surface area contributed by atoms with Gasteiger partial charge >= 0.3 is 6.18 Å². The molecule has 0 amide bonds. The van der Waals surface area contributed by atoms with Gasteiger partial charge in [-0.25, -0.2) is 9.67 Å². The number of hydrogen-bond acceptors (Lipinski definition) is 8. The van der Waals surface area contributed by atoms with Crippen LogP contribution in [0.2, 0.25) is 5.02 Å². The molecule has 0 spiro atoms. The molecule has 0 aliphatic heterocycles. The number of hydrogen-bond donors (Lipinski definition) is 2. The fraction of sp³-hybridized carbons (Fsp3) is 0.344. The number of nitriles is 1. The van der Waals surface area contributed by atoms with Crippen molar-refractivity contribution in [3.05, 3.63) is 82.6 Å². The van der Waals surface area contributed by atoms with E-state index >= 15 is 0 Å². The van der Waals surface area contributed by atoms with Crippen LogP contribution in [0, 0.1) is 23.7 Å². The summed E-state index contributed by atoms with van der Waals surface area (Å²) in [5.74, 6) is 0.402. The second-order valence-corrected chi connectivity index (χ2v) is 12.9. The molecule has 1 atom stereocenters. The minimum atomic E-state index is -4.47. The molecule has 13 heteroatoms. The highest BCUT2D eigenvalue weighted by Crippen LogP contribution is 2.55. The number of benzene rings is 2. The number of nitrogens with one attached hydrogen (secondary N) is 2. The summed E-state index contributed by atoms with van der Waals surface area (Å²) in [4.78, 5) is 8.89. The van der Waals surface area contributed by atoms with Crippen molar-refractivity contribution in [3.8, 4) is 17.5 Å². The van der Waals surface area contributed by atoms with E-state index in [1.807, 2.05) is 25.1 Å². The monoisotopic (exact) mass is 634 g/mol. The standard InChI is InChI=1S/C32H30ClF3N8O/c1-18-21(6-5-7-22(18)29-38-10-11-45-29)28(25-16-44(43-42-25)31(8-9-31)32(34,35)36)41-24-13-20(33)12-23-26(40-17-30(2,3)4)19(14-37)15-39-27(23)24/h5-7,10-13,15-16,28,41H,8-9,17H2,1-4H3,(H,39,40)/t28-/m0/s1. The molecule has 5 aromatic rings. The molecule has 1 fully saturated rings. The molecule has 1 aliphatic rings. The van der Waals surface area contributed by atoms with Crippen LogP contribution in [0.5, 0.6) is 0 Å². The molecule has 2 N–H and O–H groups in total. The van der Waals surface area contributed by atoms with Crippen molar-refractivity contribution in [2.75, 3.05) is 17.2 Å². The molecule has 6 rings (SSSR count). The Morgan fingerprint density at radius 1 is 1.18 bits per heavy atom. The van der Waals surface area contributed by atoms with Crippen molar-refractivity contribution in [1.82, 2.24) is 25.0 Å². The Bertz CT molecular complexity index is 1920. The molecule has 0 bridgehead atoms. The van der Waals surface area contributed by atoms with Crippen LogP contribution in [-0.2, 0) is 5.54 Å². The molecule has 9 nitrogen and oxygen atoms in total. The highest BCUT2D eigenvalue weighted by atomic mass is 35.5. The Morgan fingerprint density at radius 3 is 2.60 bits per heavy atom. The Hall–Kier alpha value is -4.63. The van der Waals surface area contributed by atoms with Crippen LogP contribution in [0.25, 0.3) is 22.4 Å². The van der Waals surface area contributed by atoms with E-state index in [-0.39, 0.29) is 24.0 Å². The van der Waals surface area contributed by atoms with Crippen LogP contribution in [0.3, 0.4) is 0 Å². The molecule has 3 heterocycles. The van der Waals surface area contributed by atoms with Crippen molar-refractivity contribution in [1.29, 1.82) is 5.26 Å². The van der Waals surface area contributed by atoms with E-state index in [1.165, 1.54) is 18.7 Å². The summed E-state index contributed by atoms with van der Waals surface area (Å²) in [7, 11) is 0. The zero-order valence-corrected chi connectivity index (χ0v) is 25.8. The predicted molar refractivity (Wildman–Crippen MR) is 165 cm³/mol. The number of anilines is 2. The van der Waals surface area contributed by atoms with Gasteiger partial charge in [0.1, 0.15) is 18.0 Å². The summed E-state index contributed by atoms with van der Waals surface area (Å²) < 4.78 is 48.5. The lowest BCUT2D eigenvalue weighted by Crippen LogP contribution is -2.35. The highest BCUT2D eigenvalue weighted by molar-refractivity contribution is 6.32. The number of nitrogens with zero attached hydrogens (tertiary/aromatic N) is 6. The molecule has 3 aromatic heterocycles. The third-order valence-corrected chi connectivity index (χ3v) is 8.22. The normalized spacial score (nSPS) is 15.1. The van der Waals surface area contributed by atoms with E-state index in [0.717, 1.165) is 10.2 Å². The molecule has 0 saturated heterocycles. The second-order valence-electron chi connectivity index (χ2n) is 12.5. The number of oxazole rings is 1. The Balaban J connectivity index is 1.50. The molecule has 1 aliphatic carbocycles. The molecule has 2 aromatic carbocycles. The van der Waals surface area contributed by atoms with Gasteiger partial charge in [0.05, 0.1) is 40.9 Å². The van der Waals surface area contributed by atoms with Gasteiger partial charge in [0.15, 0.2) is 5.54 Å². The first-order chi connectivity index (χ1) is 21.3. The smallest absolute Gasteiger partial charge is 0.413 e. The van der Waals surface area contributed by atoms with Crippen LogP contribution in [0.4, 0.5) is 24.5 Å². The van der Waals surface area contributed by atoms with Gasteiger partial charge < -0.3 is 15.1 Å². The number of fused-ring (bicyclic) bond motifs is 1. The van der Waals surface area contributed by atoms with Gasteiger partial charge in [-0.3, -0.25) is 4.98 Å². The third kappa shape index (κ3) is 5.68. The van der Waals surface area contributed by atoms with Gasteiger partial charge in [0.25, 0.3) is 0 Å². The number of pyridine rings is 1. The Kier molecular flexibility index (Phi) is 7.48. The fourth-order valence-corrected chi connectivity index (χ4v) is 5.62. The molecule has 232 valence electrons. The Labute approximate surface area is 262 Å². The minimum absolute atomic E-state index is 0.0650. The van der Waals surface area contributed by atoms with E-state index in [2.05, 4.69) is 57.8 Å². The lowest BCUT2D eigenvalue weighted by Gasteiger charge is -2.24. The zero-order chi connectivity index (χ0) is 32.1. The summed E-state index contributed by atoms with van der Waals surface area (Å²) in [5, 5.41) is 25.9. The van der Waals surface area contributed by atoms with Crippen LogP contribution in [0.15, 0.2) is 59.6 Å². The predicted octanol–water partition coefficient (Wildman–Crippen LogP) is 8.03. The molecule has 45 heavy (non-hydrogen) atoms. The van der Waals surface area contributed by atoms with Gasteiger partial charge in [0, 0.05) is 28.7 Å². The topological polar surface area (TPSA) is 117 Å². The van der Waals surface area contributed by atoms with E-state index in [0.29, 0.717) is 56.4 Å². The maximum absolute atomic E-state index is 14.0. The molecular formula is C32H30ClF3N8O. The molecule has 0 radical (unpaired) electrons. The van der Waals surface area contributed by atoms with Gasteiger partial charge in [-0.2, -0.15) is 18.4 Å². The van der Waals surface area contributed by atoms with Crippen LogP contribution in [-0.4, -0.2) is 37.7 Å². The molecule has 0 unspecified atom stereocenters. The maximum atomic E-state index is 14.0.